The lowest BCUT2D eigenvalue weighted by Gasteiger charge is -2.47. The summed E-state index contributed by atoms with van der Waals surface area (Å²) in [4.78, 5) is 13.9. The summed E-state index contributed by atoms with van der Waals surface area (Å²) in [5.74, 6) is 3.03. The van der Waals surface area contributed by atoms with Crippen LogP contribution in [0.25, 0.3) is 0 Å². The molecule has 2 aliphatic heterocycles. The number of β-amino-alcohol motifs (C(OH)–C–C–N with tert-alkyl or cyclic N) is 1. The number of nitrogens with zero attached hydrogens (tertiary/aromatic N) is 4. The number of likely N-dealkylation sites (tertiary alicyclic amines) is 1. The third-order valence-electron chi connectivity index (χ3n) is 6.38. The Kier molecular flexibility index (Phi) is 7.22. The molecule has 2 aromatic rings. The fraction of sp³-hybridized carbons (Fsp3) is 0.565. The van der Waals surface area contributed by atoms with Gasteiger partial charge in [0.15, 0.2) is 0 Å². The monoisotopic (exact) mass is 463 g/mol. The van der Waals surface area contributed by atoms with Gasteiger partial charge in [-0.2, -0.15) is 0 Å². The molecule has 0 aliphatic carbocycles. The molecule has 2 saturated heterocycles. The van der Waals surface area contributed by atoms with Crippen molar-refractivity contribution in [2.45, 2.75) is 38.8 Å². The first-order valence-corrected chi connectivity index (χ1v) is 11.8. The zero-order chi connectivity index (χ0) is 22.0. The zero-order valence-electron chi connectivity index (χ0n) is 18.1. The van der Waals surface area contributed by atoms with Crippen molar-refractivity contribution in [3.63, 3.8) is 0 Å². The van der Waals surface area contributed by atoms with Gasteiger partial charge >= 0.3 is 0 Å². The highest BCUT2D eigenvalue weighted by atomic mass is 35.5. The molecule has 4 rings (SSSR count). The van der Waals surface area contributed by atoms with Crippen molar-refractivity contribution in [1.29, 1.82) is 0 Å². The number of nitrogens with one attached hydrogen (secondary N) is 1. The maximum Gasteiger partial charge on any atom is 0.149 e. The predicted octanol–water partition coefficient (Wildman–Crippen LogP) is 4.49. The maximum absolute atomic E-state index is 9.70. The van der Waals surface area contributed by atoms with Crippen molar-refractivity contribution >= 4 is 34.8 Å². The number of aromatic nitrogens is 2. The van der Waals surface area contributed by atoms with E-state index in [1.807, 2.05) is 32.2 Å². The molecule has 0 amide bonds. The van der Waals surface area contributed by atoms with Crippen LogP contribution >= 0.6 is 23.2 Å². The Morgan fingerprint density at radius 3 is 2.71 bits per heavy atom. The minimum Gasteiger partial charge on any atom is -0.392 e. The molecule has 0 saturated carbocycles. The summed E-state index contributed by atoms with van der Waals surface area (Å²) in [6.07, 6.45) is 5.82. The number of hydrogen-bond donors (Lipinski definition) is 2. The quantitative estimate of drug-likeness (QED) is 0.630. The van der Waals surface area contributed by atoms with Gasteiger partial charge in [0, 0.05) is 36.2 Å². The number of anilines is 2. The minimum atomic E-state index is -0.257. The molecular weight excluding hydrogens is 433 g/mol. The van der Waals surface area contributed by atoms with Crippen molar-refractivity contribution in [2.75, 3.05) is 42.9 Å². The van der Waals surface area contributed by atoms with Gasteiger partial charge in [0.2, 0.25) is 0 Å². The number of halogens is 2. The third-order valence-corrected chi connectivity index (χ3v) is 6.94. The molecule has 2 aliphatic rings. The molecule has 6 nitrogen and oxygen atoms in total. The topological polar surface area (TPSA) is 64.5 Å². The average molecular weight is 464 g/mol. The SMILES string of the molecule is C[C@H](O)CN1CCC[C@@H](C2CN(c3cncc(N[C@H](C)c4ccc(Cl)cc4Cl)n3)C2)C1. The Bertz CT molecular complexity index is 890. The van der Waals surface area contributed by atoms with E-state index in [1.54, 1.807) is 12.3 Å². The lowest BCUT2D eigenvalue weighted by Crippen LogP contribution is -2.54. The first kappa shape index (κ1) is 22.6. The molecule has 3 atom stereocenters. The molecule has 2 fully saturated rings. The molecule has 8 heteroatoms. The van der Waals surface area contributed by atoms with E-state index in [2.05, 4.69) is 20.1 Å². The van der Waals surface area contributed by atoms with Crippen LogP contribution < -0.4 is 10.2 Å². The molecule has 0 radical (unpaired) electrons. The van der Waals surface area contributed by atoms with Crippen LogP contribution in [-0.4, -0.2) is 58.8 Å². The molecule has 0 spiro atoms. The lowest BCUT2D eigenvalue weighted by molar-refractivity contribution is 0.0725. The summed E-state index contributed by atoms with van der Waals surface area (Å²) >= 11 is 12.4. The molecule has 168 valence electrons. The second-order valence-electron chi connectivity index (χ2n) is 8.97. The van der Waals surface area contributed by atoms with E-state index in [1.165, 1.54) is 12.8 Å². The predicted molar refractivity (Wildman–Crippen MR) is 127 cm³/mol. The molecule has 1 aromatic heterocycles. The van der Waals surface area contributed by atoms with Crippen molar-refractivity contribution in [3.05, 3.63) is 46.2 Å². The summed E-state index contributed by atoms with van der Waals surface area (Å²) in [6, 6.07) is 5.52. The highest BCUT2D eigenvalue weighted by Crippen LogP contribution is 2.34. The number of aliphatic hydroxyl groups is 1. The number of piperidine rings is 1. The van der Waals surface area contributed by atoms with Gasteiger partial charge in [-0.25, -0.2) is 4.98 Å². The van der Waals surface area contributed by atoms with E-state index in [9.17, 15) is 5.11 Å². The lowest BCUT2D eigenvalue weighted by atomic mass is 9.80. The van der Waals surface area contributed by atoms with Gasteiger partial charge < -0.3 is 20.2 Å². The van der Waals surface area contributed by atoms with Gasteiger partial charge in [-0.15, -0.1) is 0 Å². The molecule has 0 unspecified atom stereocenters. The average Bonchev–Trinajstić information content (AvgIpc) is 2.67. The normalized spacial score (nSPS) is 22.1. The van der Waals surface area contributed by atoms with Crippen LogP contribution in [0.2, 0.25) is 10.0 Å². The molecule has 0 bridgehead atoms. The number of aliphatic hydroxyl groups excluding tert-OH is 1. The first-order chi connectivity index (χ1) is 14.9. The summed E-state index contributed by atoms with van der Waals surface area (Å²) < 4.78 is 0. The van der Waals surface area contributed by atoms with Crippen LogP contribution in [0.15, 0.2) is 30.6 Å². The molecule has 2 N–H and O–H groups in total. The van der Waals surface area contributed by atoms with Crippen LogP contribution in [0, 0.1) is 11.8 Å². The van der Waals surface area contributed by atoms with Gasteiger partial charge in [0.05, 0.1) is 24.5 Å². The van der Waals surface area contributed by atoms with Crippen LogP contribution in [0.4, 0.5) is 11.6 Å². The van der Waals surface area contributed by atoms with Crippen LogP contribution in [0.1, 0.15) is 38.3 Å². The van der Waals surface area contributed by atoms with Gasteiger partial charge in [0.1, 0.15) is 11.6 Å². The Hall–Kier alpha value is -1.60. The molecule has 3 heterocycles. The second-order valence-corrected chi connectivity index (χ2v) is 9.81. The molecule has 31 heavy (non-hydrogen) atoms. The largest absolute Gasteiger partial charge is 0.392 e. The molecular formula is C23H31Cl2N5O. The van der Waals surface area contributed by atoms with E-state index in [0.717, 1.165) is 49.9 Å². The van der Waals surface area contributed by atoms with E-state index in [4.69, 9.17) is 28.2 Å². The number of benzene rings is 1. The van der Waals surface area contributed by atoms with Crippen LogP contribution in [0.3, 0.4) is 0 Å². The van der Waals surface area contributed by atoms with Crippen molar-refractivity contribution < 1.29 is 5.11 Å². The summed E-state index contributed by atoms with van der Waals surface area (Å²) in [6.45, 7) is 8.93. The molecule has 1 aromatic carbocycles. The standard InChI is InChI=1S/C23H31Cl2N5O/c1-15(31)11-29-7-3-4-17(12-29)18-13-30(14-18)23-10-26-9-22(28-23)27-16(2)20-6-5-19(24)8-21(20)25/h5-6,8-10,15-18,31H,3-4,7,11-14H2,1-2H3,(H,27,28)/t15-,16+,17+/m0/s1. The Balaban J connectivity index is 1.33. The fourth-order valence-corrected chi connectivity index (χ4v) is 5.32. The van der Waals surface area contributed by atoms with Gasteiger partial charge in [-0.3, -0.25) is 4.98 Å². The van der Waals surface area contributed by atoms with E-state index in [-0.39, 0.29) is 12.1 Å². The van der Waals surface area contributed by atoms with Gasteiger partial charge in [-0.05, 0) is 62.8 Å². The summed E-state index contributed by atoms with van der Waals surface area (Å²) in [7, 11) is 0. The Morgan fingerprint density at radius 1 is 1.16 bits per heavy atom. The van der Waals surface area contributed by atoms with E-state index >= 15 is 0 Å². The summed E-state index contributed by atoms with van der Waals surface area (Å²) in [5.41, 5.74) is 0.973. The van der Waals surface area contributed by atoms with Crippen molar-refractivity contribution in [3.8, 4) is 0 Å². The maximum atomic E-state index is 9.70. The zero-order valence-corrected chi connectivity index (χ0v) is 19.6. The van der Waals surface area contributed by atoms with Gasteiger partial charge in [0.25, 0.3) is 0 Å². The first-order valence-electron chi connectivity index (χ1n) is 11.1. The fourth-order valence-electron chi connectivity index (χ4n) is 4.74. The van der Waals surface area contributed by atoms with E-state index < -0.39 is 0 Å². The Labute approximate surface area is 194 Å². The van der Waals surface area contributed by atoms with Crippen LogP contribution in [0.5, 0.6) is 0 Å². The number of rotatable bonds is 7. The third kappa shape index (κ3) is 5.61. The van der Waals surface area contributed by atoms with Crippen LogP contribution in [-0.2, 0) is 0 Å². The smallest absolute Gasteiger partial charge is 0.149 e. The van der Waals surface area contributed by atoms with E-state index in [0.29, 0.717) is 21.9 Å². The Morgan fingerprint density at radius 2 is 1.97 bits per heavy atom. The van der Waals surface area contributed by atoms with Crippen molar-refractivity contribution in [1.82, 2.24) is 14.9 Å². The number of hydrogen-bond acceptors (Lipinski definition) is 6. The van der Waals surface area contributed by atoms with Gasteiger partial charge in [-0.1, -0.05) is 29.3 Å². The van der Waals surface area contributed by atoms with Crippen molar-refractivity contribution in [2.24, 2.45) is 11.8 Å². The minimum absolute atomic E-state index is 0.0133. The highest BCUT2D eigenvalue weighted by Gasteiger charge is 2.36. The second kappa shape index (κ2) is 9.90. The summed E-state index contributed by atoms with van der Waals surface area (Å²) in [5, 5.41) is 14.4. The highest BCUT2D eigenvalue weighted by molar-refractivity contribution is 6.35.